The van der Waals surface area contributed by atoms with Crippen molar-refractivity contribution >= 4 is 11.0 Å². The third-order valence-electron chi connectivity index (χ3n) is 3.60. The first-order chi connectivity index (χ1) is 12.3. The molecule has 0 aliphatic heterocycles. The van der Waals surface area contributed by atoms with Crippen LogP contribution in [0.5, 0.6) is 5.75 Å². The average molecular weight is 333 g/mol. The first-order valence-electron chi connectivity index (χ1n) is 7.71. The Kier molecular flexibility index (Phi) is 4.05. The summed E-state index contributed by atoms with van der Waals surface area (Å²) in [5.74, 6) is 1.17. The number of pyridine rings is 1. The van der Waals surface area contributed by atoms with Gasteiger partial charge in [-0.2, -0.15) is 4.73 Å². The molecule has 7 heteroatoms. The van der Waals surface area contributed by atoms with Crippen molar-refractivity contribution in [3.8, 4) is 17.3 Å². The third-order valence-corrected chi connectivity index (χ3v) is 3.60. The summed E-state index contributed by atoms with van der Waals surface area (Å²) in [4.78, 5) is 23.4. The van der Waals surface area contributed by atoms with Crippen molar-refractivity contribution in [1.82, 2.24) is 24.7 Å². The van der Waals surface area contributed by atoms with E-state index < -0.39 is 0 Å². The maximum Gasteiger partial charge on any atom is 0.197 e. The minimum atomic E-state index is 0.457. The second-order valence-electron chi connectivity index (χ2n) is 5.32. The summed E-state index contributed by atoms with van der Waals surface area (Å²) >= 11 is 0. The highest BCUT2D eigenvalue weighted by molar-refractivity contribution is 5.79. The minimum absolute atomic E-state index is 0.457. The van der Waals surface area contributed by atoms with Gasteiger partial charge in [-0.25, -0.2) is 9.97 Å². The number of hydrogen-bond donors (Lipinski definition) is 0. The molecule has 4 rings (SSSR count). The molecule has 7 nitrogen and oxygen atoms in total. The Morgan fingerprint density at radius 3 is 2.68 bits per heavy atom. The van der Waals surface area contributed by atoms with Gasteiger partial charge in [-0.1, -0.05) is 12.1 Å². The third kappa shape index (κ3) is 3.05. The number of nitrogens with zero attached hydrogens (tertiary/aromatic N) is 5. The van der Waals surface area contributed by atoms with Crippen LogP contribution in [0.2, 0.25) is 0 Å². The van der Waals surface area contributed by atoms with E-state index in [4.69, 9.17) is 9.57 Å². The zero-order valence-corrected chi connectivity index (χ0v) is 13.5. The van der Waals surface area contributed by atoms with E-state index in [-0.39, 0.29) is 0 Å². The number of methoxy groups -OCH3 is 1. The van der Waals surface area contributed by atoms with Crippen molar-refractivity contribution < 1.29 is 9.57 Å². The Morgan fingerprint density at radius 1 is 1.00 bits per heavy atom. The van der Waals surface area contributed by atoms with E-state index in [0.717, 1.165) is 16.7 Å². The molecular formula is C18H15N5O2. The normalized spacial score (nSPS) is 10.9. The molecule has 4 aromatic rings. The highest BCUT2D eigenvalue weighted by Gasteiger charge is 2.15. The quantitative estimate of drug-likeness (QED) is 0.559. The lowest BCUT2D eigenvalue weighted by Gasteiger charge is -2.10. The van der Waals surface area contributed by atoms with Crippen LogP contribution in [0.1, 0.15) is 5.69 Å². The standard InChI is InChI=1S/C18H15N5O2/c1-24-12-13-6-7-14(10-21-13)25-23-17-5-3-2-4-15(17)22-18(23)16-11-19-8-9-20-16/h2-11H,12H2,1H3. The Labute approximate surface area is 143 Å². The van der Waals surface area contributed by atoms with Gasteiger partial charge < -0.3 is 9.57 Å². The number of imidazole rings is 1. The van der Waals surface area contributed by atoms with Crippen molar-refractivity contribution in [2.24, 2.45) is 0 Å². The summed E-state index contributed by atoms with van der Waals surface area (Å²) < 4.78 is 6.72. The molecule has 0 N–H and O–H groups in total. The van der Waals surface area contributed by atoms with Crippen molar-refractivity contribution in [2.45, 2.75) is 6.61 Å². The lowest BCUT2D eigenvalue weighted by atomic mass is 10.3. The lowest BCUT2D eigenvalue weighted by molar-refractivity contribution is 0.181. The van der Waals surface area contributed by atoms with Gasteiger partial charge >= 0.3 is 0 Å². The molecule has 0 fully saturated rings. The van der Waals surface area contributed by atoms with E-state index in [1.54, 1.807) is 36.6 Å². The van der Waals surface area contributed by atoms with E-state index in [2.05, 4.69) is 19.9 Å². The number of benzene rings is 1. The minimum Gasteiger partial charge on any atom is -0.378 e. The molecule has 1 aromatic carbocycles. The number of fused-ring (bicyclic) bond motifs is 1. The molecule has 3 heterocycles. The Balaban J connectivity index is 1.77. The first kappa shape index (κ1) is 15.2. The van der Waals surface area contributed by atoms with Crippen molar-refractivity contribution in [2.75, 3.05) is 7.11 Å². The monoisotopic (exact) mass is 333 g/mol. The van der Waals surface area contributed by atoms with Gasteiger partial charge in [-0.05, 0) is 24.3 Å². The van der Waals surface area contributed by atoms with Crippen LogP contribution >= 0.6 is 0 Å². The zero-order valence-electron chi connectivity index (χ0n) is 13.5. The second-order valence-corrected chi connectivity index (χ2v) is 5.32. The molecule has 0 unspecified atom stereocenters. The Bertz CT molecular complexity index is 983. The lowest BCUT2D eigenvalue weighted by Crippen LogP contribution is -2.08. The van der Waals surface area contributed by atoms with Gasteiger partial charge in [0, 0.05) is 19.5 Å². The predicted molar refractivity (Wildman–Crippen MR) is 91.7 cm³/mol. The van der Waals surface area contributed by atoms with Gasteiger partial charge in [-0.15, -0.1) is 0 Å². The average Bonchev–Trinajstić information content (AvgIpc) is 3.03. The molecule has 0 saturated heterocycles. The molecule has 124 valence electrons. The van der Waals surface area contributed by atoms with Gasteiger partial charge in [0.1, 0.15) is 11.2 Å². The fourth-order valence-corrected chi connectivity index (χ4v) is 2.48. The topological polar surface area (TPSA) is 75.0 Å². The van der Waals surface area contributed by atoms with E-state index in [1.165, 1.54) is 0 Å². The molecule has 0 atom stereocenters. The van der Waals surface area contributed by atoms with Crippen LogP contribution in [0.25, 0.3) is 22.6 Å². The van der Waals surface area contributed by atoms with E-state index in [1.807, 2.05) is 36.4 Å². The highest BCUT2D eigenvalue weighted by Crippen LogP contribution is 2.24. The molecule has 0 amide bonds. The SMILES string of the molecule is COCc1ccc(On2c(-c3cnccn3)nc3ccccc32)cn1. The molecule has 0 spiro atoms. The zero-order chi connectivity index (χ0) is 17.1. The molecule has 0 radical (unpaired) electrons. The van der Waals surface area contributed by atoms with Crippen molar-refractivity contribution in [3.05, 3.63) is 66.9 Å². The fraction of sp³-hybridized carbons (Fsp3) is 0.111. The Morgan fingerprint density at radius 2 is 1.92 bits per heavy atom. The molecule has 0 aliphatic rings. The maximum atomic E-state index is 6.03. The molecule has 0 bridgehead atoms. The van der Waals surface area contributed by atoms with Crippen LogP contribution in [-0.2, 0) is 11.3 Å². The second kappa shape index (κ2) is 6.66. The number of hydrogen-bond acceptors (Lipinski definition) is 6. The summed E-state index contributed by atoms with van der Waals surface area (Å²) in [6, 6.07) is 11.4. The molecule has 0 aliphatic carbocycles. The van der Waals surface area contributed by atoms with E-state index in [9.17, 15) is 0 Å². The van der Waals surface area contributed by atoms with Crippen LogP contribution in [0.4, 0.5) is 0 Å². The highest BCUT2D eigenvalue weighted by atomic mass is 16.7. The number of rotatable bonds is 5. The van der Waals surface area contributed by atoms with Gasteiger partial charge in [0.2, 0.25) is 0 Å². The molecule has 3 aromatic heterocycles. The summed E-state index contributed by atoms with van der Waals surface area (Å²) in [5.41, 5.74) is 3.11. The van der Waals surface area contributed by atoms with Crippen molar-refractivity contribution in [3.63, 3.8) is 0 Å². The van der Waals surface area contributed by atoms with E-state index in [0.29, 0.717) is 23.9 Å². The molecule has 0 saturated carbocycles. The van der Waals surface area contributed by atoms with Crippen LogP contribution in [0, 0.1) is 0 Å². The summed E-state index contributed by atoms with van der Waals surface area (Å²) in [5, 5.41) is 0. The smallest absolute Gasteiger partial charge is 0.197 e. The number of ether oxygens (including phenoxy) is 1. The molecule has 25 heavy (non-hydrogen) atoms. The summed E-state index contributed by atoms with van der Waals surface area (Å²) in [7, 11) is 1.64. The number of aromatic nitrogens is 5. The maximum absolute atomic E-state index is 6.03. The van der Waals surface area contributed by atoms with E-state index >= 15 is 0 Å². The fourth-order valence-electron chi connectivity index (χ4n) is 2.48. The van der Waals surface area contributed by atoms with Crippen LogP contribution < -0.4 is 4.84 Å². The predicted octanol–water partition coefficient (Wildman–Crippen LogP) is 2.88. The molecular weight excluding hydrogens is 318 g/mol. The van der Waals surface area contributed by atoms with Crippen LogP contribution in [-0.4, -0.2) is 31.8 Å². The van der Waals surface area contributed by atoms with Gasteiger partial charge in [0.25, 0.3) is 0 Å². The number of para-hydroxylation sites is 2. The Hall–Kier alpha value is -3.32. The van der Waals surface area contributed by atoms with Gasteiger partial charge in [-0.3, -0.25) is 9.97 Å². The summed E-state index contributed by atoms with van der Waals surface area (Å²) in [6.07, 6.45) is 6.56. The van der Waals surface area contributed by atoms with Gasteiger partial charge in [0.05, 0.1) is 30.2 Å². The van der Waals surface area contributed by atoms with Crippen LogP contribution in [0.3, 0.4) is 0 Å². The van der Waals surface area contributed by atoms with Gasteiger partial charge in [0.15, 0.2) is 11.6 Å². The van der Waals surface area contributed by atoms with Crippen molar-refractivity contribution in [1.29, 1.82) is 0 Å². The largest absolute Gasteiger partial charge is 0.378 e. The summed E-state index contributed by atoms with van der Waals surface area (Å²) in [6.45, 7) is 0.457. The first-order valence-corrected chi connectivity index (χ1v) is 7.71. The van der Waals surface area contributed by atoms with Crippen LogP contribution in [0.15, 0.2) is 61.2 Å².